The molecule has 0 saturated heterocycles. The minimum atomic E-state index is -0.416. The fraction of sp³-hybridized carbons (Fsp3) is 0.864. The molecule has 0 aromatic heterocycles. The van der Waals surface area contributed by atoms with E-state index < -0.39 is 6.29 Å². The van der Waals surface area contributed by atoms with Crippen LogP contribution in [0.1, 0.15) is 111 Å². The van der Waals surface area contributed by atoms with E-state index >= 15 is 0 Å². The van der Waals surface area contributed by atoms with E-state index in [9.17, 15) is 4.79 Å². The van der Waals surface area contributed by atoms with Crippen LogP contribution in [0.15, 0.2) is 12.2 Å². The molecule has 0 aromatic carbocycles. The summed E-state index contributed by atoms with van der Waals surface area (Å²) >= 11 is 0. The number of ether oxygens (including phenoxy) is 2. The third-order valence-corrected chi connectivity index (χ3v) is 4.34. The van der Waals surface area contributed by atoms with E-state index in [2.05, 4.69) is 19.1 Å². The van der Waals surface area contributed by atoms with Gasteiger partial charge in [-0.15, -0.1) is 0 Å². The van der Waals surface area contributed by atoms with Crippen molar-refractivity contribution in [3.63, 3.8) is 0 Å². The summed E-state index contributed by atoms with van der Waals surface area (Å²) in [6.45, 7) is 6.50. The SMILES string of the molecule is CCCCCCCC/C=C\CCCCCCCC(=O)OC(C)OCC. The van der Waals surface area contributed by atoms with Gasteiger partial charge in [-0.05, 0) is 46.0 Å². The van der Waals surface area contributed by atoms with Crippen LogP contribution in [-0.2, 0) is 14.3 Å². The van der Waals surface area contributed by atoms with E-state index in [0.29, 0.717) is 13.0 Å². The lowest BCUT2D eigenvalue weighted by atomic mass is 10.1. The molecule has 0 aliphatic carbocycles. The van der Waals surface area contributed by atoms with E-state index in [4.69, 9.17) is 9.47 Å². The molecule has 0 amide bonds. The van der Waals surface area contributed by atoms with Gasteiger partial charge in [0.1, 0.15) is 0 Å². The van der Waals surface area contributed by atoms with Crippen LogP contribution in [0.5, 0.6) is 0 Å². The Bertz CT molecular complexity index is 312. The summed E-state index contributed by atoms with van der Waals surface area (Å²) in [6, 6.07) is 0. The molecule has 0 aliphatic rings. The zero-order valence-electron chi connectivity index (χ0n) is 17.1. The maximum atomic E-state index is 11.6. The number of hydrogen-bond donors (Lipinski definition) is 0. The Balaban J connectivity index is 3.25. The molecule has 3 heteroatoms. The van der Waals surface area contributed by atoms with E-state index in [0.717, 1.165) is 12.8 Å². The summed E-state index contributed by atoms with van der Waals surface area (Å²) in [4.78, 5) is 11.6. The van der Waals surface area contributed by atoms with Gasteiger partial charge in [0.15, 0.2) is 6.29 Å². The molecule has 0 bridgehead atoms. The van der Waals surface area contributed by atoms with E-state index in [1.54, 1.807) is 6.92 Å². The van der Waals surface area contributed by atoms with Crippen molar-refractivity contribution in [1.82, 2.24) is 0 Å². The fourth-order valence-electron chi connectivity index (χ4n) is 2.85. The molecule has 3 nitrogen and oxygen atoms in total. The Labute approximate surface area is 156 Å². The minimum absolute atomic E-state index is 0.140. The topological polar surface area (TPSA) is 35.5 Å². The summed E-state index contributed by atoms with van der Waals surface area (Å²) in [6.07, 6.45) is 21.3. The van der Waals surface area contributed by atoms with Gasteiger partial charge in [0.2, 0.25) is 0 Å². The van der Waals surface area contributed by atoms with Gasteiger partial charge in [-0.25, -0.2) is 0 Å². The first-order chi connectivity index (χ1) is 12.2. The first-order valence-electron chi connectivity index (χ1n) is 10.7. The number of carbonyl (C=O) groups excluding carboxylic acids is 1. The molecular formula is C22H42O3. The van der Waals surface area contributed by atoms with E-state index in [-0.39, 0.29) is 5.97 Å². The second-order valence-corrected chi connectivity index (χ2v) is 6.85. The summed E-state index contributed by atoms with van der Waals surface area (Å²) in [7, 11) is 0. The van der Waals surface area contributed by atoms with Crippen LogP contribution in [0.2, 0.25) is 0 Å². The second kappa shape index (κ2) is 19.5. The molecule has 0 N–H and O–H groups in total. The molecule has 0 radical (unpaired) electrons. The lowest BCUT2D eigenvalue weighted by Gasteiger charge is -2.12. The standard InChI is InChI=1S/C22H42O3/c1-4-6-7-8-9-10-11-12-13-14-15-16-17-18-19-20-22(23)25-21(3)24-5-2/h12-13,21H,4-11,14-20H2,1-3H3/b13-12-. The third-order valence-electron chi connectivity index (χ3n) is 4.34. The Morgan fingerprint density at radius 3 is 1.88 bits per heavy atom. The lowest BCUT2D eigenvalue weighted by molar-refractivity contribution is -0.173. The van der Waals surface area contributed by atoms with Crippen LogP contribution >= 0.6 is 0 Å². The molecule has 1 atom stereocenters. The van der Waals surface area contributed by atoms with Crippen LogP contribution in [0, 0.1) is 0 Å². The van der Waals surface area contributed by atoms with Crippen molar-refractivity contribution in [2.45, 2.75) is 117 Å². The lowest BCUT2D eigenvalue weighted by Crippen LogP contribution is -2.17. The number of esters is 1. The zero-order valence-corrected chi connectivity index (χ0v) is 17.1. The van der Waals surface area contributed by atoms with Crippen molar-refractivity contribution in [2.24, 2.45) is 0 Å². The number of rotatable bonds is 18. The molecule has 0 rings (SSSR count). The molecule has 0 fully saturated rings. The summed E-state index contributed by atoms with van der Waals surface area (Å²) < 4.78 is 10.3. The number of hydrogen-bond acceptors (Lipinski definition) is 3. The van der Waals surface area contributed by atoms with Crippen LogP contribution < -0.4 is 0 Å². The first kappa shape index (κ1) is 24.2. The number of unbranched alkanes of at least 4 members (excludes halogenated alkanes) is 11. The maximum absolute atomic E-state index is 11.6. The summed E-state index contributed by atoms with van der Waals surface area (Å²) in [5, 5.41) is 0. The van der Waals surface area contributed by atoms with Gasteiger partial charge in [-0.1, -0.05) is 70.4 Å². The Kier molecular flexibility index (Phi) is 18.8. The smallest absolute Gasteiger partial charge is 0.308 e. The van der Waals surface area contributed by atoms with Gasteiger partial charge in [0.25, 0.3) is 0 Å². The number of carbonyl (C=O) groups is 1. The Morgan fingerprint density at radius 2 is 1.32 bits per heavy atom. The van der Waals surface area contributed by atoms with Crippen LogP contribution in [0.25, 0.3) is 0 Å². The predicted molar refractivity (Wildman–Crippen MR) is 107 cm³/mol. The van der Waals surface area contributed by atoms with Gasteiger partial charge in [-0.2, -0.15) is 0 Å². The first-order valence-corrected chi connectivity index (χ1v) is 10.7. The molecular weight excluding hydrogens is 312 g/mol. The second-order valence-electron chi connectivity index (χ2n) is 6.85. The van der Waals surface area contributed by atoms with Crippen molar-refractivity contribution < 1.29 is 14.3 Å². The molecule has 0 spiro atoms. The van der Waals surface area contributed by atoms with Crippen molar-refractivity contribution in [1.29, 1.82) is 0 Å². The third kappa shape index (κ3) is 19.3. The Hall–Kier alpha value is -0.830. The average molecular weight is 355 g/mol. The normalized spacial score (nSPS) is 12.6. The summed E-state index contributed by atoms with van der Waals surface area (Å²) in [5.74, 6) is -0.140. The highest BCUT2D eigenvalue weighted by Gasteiger charge is 2.08. The van der Waals surface area contributed by atoms with E-state index in [1.807, 2.05) is 6.92 Å². The summed E-state index contributed by atoms with van der Waals surface area (Å²) in [5.41, 5.74) is 0. The van der Waals surface area contributed by atoms with Gasteiger partial charge in [0.05, 0.1) is 0 Å². The van der Waals surface area contributed by atoms with Gasteiger partial charge in [0, 0.05) is 13.0 Å². The van der Waals surface area contributed by atoms with Crippen LogP contribution in [-0.4, -0.2) is 18.9 Å². The highest BCUT2D eigenvalue weighted by Crippen LogP contribution is 2.10. The highest BCUT2D eigenvalue weighted by atomic mass is 16.7. The molecule has 0 heterocycles. The molecule has 148 valence electrons. The fourth-order valence-corrected chi connectivity index (χ4v) is 2.85. The molecule has 25 heavy (non-hydrogen) atoms. The van der Waals surface area contributed by atoms with Crippen molar-refractivity contribution in [3.05, 3.63) is 12.2 Å². The molecule has 0 saturated carbocycles. The quantitative estimate of drug-likeness (QED) is 0.116. The minimum Gasteiger partial charge on any atom is -0.436 e. The van der Waals surface area contributed by atoms with Gasteiger partial charge >= 0.3 is 5.97 Å². The number of allylic oxidation sites excluding steroid dienone is 2. The predicted octanol–water partition coefficient (Wildman–Crippen LogP) is 6.95. The largest absolute Gasteiger partial charge is 0.436 e. The van der Waals surface area contributed by atoms with Crippen molar-refractivity contribution in [2.75, 3.05) is 6.61 Å². The van der Waals surface area contributed by atoms with Crippen LogP contribution in [0.4, 0.5) is 0 Å². The monoisotopic (exact) mass is 354 g/mol. The maximum Gasteiger partial charge on any atom is 0.308 e. The van der Waals surface area contributed by atoms with Crippen molar-refractivity contribution in [3.8, 4) is 0 Å². The molecule has 0 aliphatic heterocycles. The highest BCUT2D eigenvalue weighted by molar-refractivity contribution is 5.69. The molecule has 0 aromatic rings. The zero-order chi connectivity index (χ0) is 18.6. The Morgan fingerprint density at radius 1 is 0.800 bits per heavy atom. The average Bonchev–Trinajstić information content (AvgIpc) is 2.58. The van der Waals surface area contributed by atoms with Crippen LogP contribution in [0.3, 0.4) is 0 Å². The van der Waals surface area contributed by atoms with Gasteiger partial charge in [-0.3, -0.25) is 4.79 Å². The van der Waals surface area contributed by atoms with E-state index in [1.165, 1.54) is 70.6 Å². The van der Waals surface area contributed by atoms with Crippen molar-refractivity contribution >= 4 is 5.97 Å². The van der Waals surface area contributed by atoms with Gasteiger partial charge < -0.3 is 9.47 Å². The molecule has 1 unspecified atom stereocenters.